The highest BCUT2D eigenvalue weighted by molar-refractivity contribution is 7.07. The van der Waals surface area contributed by atoms with Crippen LogP contribution >= 0.6 is 11.3 Å². The van der Waals surface area contributed by atoms with Crippen LogP contribution in [0.1, 0.15) is 46.3 Å². The number of rotatable bonds is 2. The van der Waals surface area contributed by atoms with E-state index < -0.39 is 0 Å². The van der Waals surface area contributed by atoms with Gasteiger partial charge in [0.15, 0.2) is 0 Å². The van der Waals surface area contributed by atoms with Gasteiger partial charge in [0.05, 0.1) is 17.2 Å². The second kappa shape index (κ2) is 5.01. The molecule has 0 unspecified atom stereocenters. The van der Waals surface area contributed by atoms with Gasteiger partial charge in [-0.1, -0.05) is 0 Å². The maximum Gasteiger partial charge on any atom is 0.273 e. The van der Waals surface area contributed by atoms with Gasteiger partial charge in [-0.2, -0.15) is 5.10 Å². The molecule has 6 heteroatoms. The third-order valence-electron chi connectivity index (χ3n) is 4.06. The Hall–Kier alpha value is -1.69. The largest absolute Gasteiger partial charge is 0.330 e. The molecule has 3 heterocycles. The van der Waals surface area contributed by atoms with Crippen LogP contribution in [-0.4, -0.2) is 32.1 Å². The van der Waals surface area contributed by atoms with E-state index in [2.05, 4.69) is 17.0 Å². The van der Waals surface area contributed by atoms with Crippen LogP contribution in [0.25, 0.3) is 0 Å². The Morgan fingerprint density at radius 3 is 2.85 bits per heavy atom. The number of hydrogen-bond donors (Lipinski definition) is 0. The molecule has 106 valence electrons. The van der Waals surface area contributed by atoms with E-state index in [9.17, 15) is 4.79 Å². The number of aryl methyl sites for hydroxylation is 2. The van der Waals surface area contributed by atoms with Gasteiger partial charge in [-0.25, -0.2) is 4.98 Å². The lowest BCUT2D eigenvalue weighted by Gasteiger charge is -2.24. The predicted molar refractivity (Wildman–Crippen MR) is 77.8 cm³/mol. The van der Waals surface area contributed by atoms with Crippen molar-refractivity contribution in [2.75, 3.05) is 6.54 Å². The maximum atomic E-state index is 12.6. The molecule has 0 N–H and O–H groups in total. The van der Waals surface area contributed by atoms with Gasteiger partial charge in [0.2, 0.25) is 0 Å². The molecule has 0 bridgehead atoms. The molecule has 3 rings (SSSR count). The summed E-state index contributed by atoms with van der Waals surface area (Å²) in [4.78, 5) is 18.7. The molecule has 1 aliphatic rings. The Balaban J connectivity index is 1.95. The molecule has 20 heavy (non-hydrogen) atoms. The average molecular weight is 290 g/mol. The van der Waals surface area contributed by atoms with Crippen LogP contribution in [0.5, 0.6) is 0 Å². The van der Waals surface area contributed by atoms with E-state index in [1.165, 1.54) is 16.9 Å². The SMILES string of the molecule is Cc1nn(C)c(C)c1[C@H]1CCCN1C(=O)c1cscn1. The van der Waals surface area contributed by atoms with Gasteiger partial charge in [-0.05, 0) is 26.7 Å². The van der Waals surface area contributed by atoms with E-state index >= 15 is 0 Å². The third-order valence-corrected chi connectivity index (χ3v) is 4.65. The van der Waals surface area contributed by atoms with Gasteiger partial charge >= 0.3 is 0 Å². The van der Waals surface area contributed by atoms with Gasteiger partial charge in [0.25, 0.3) is 5.91 Å². The molecule has 1 saturated heterocycles. The molecule has 0 radical (unpaired) electrons. The number of amides is 1. The monoisotopic (exact) mass is 290 g/mol. The van der Waals surface area contributed by atoms with Crippen molar-refractivity contribution in [3.05, 3.63) is 33.5 Å². The molecule has 1 atom stereocenters. The number of likely N-dealkylation sites (tertiary alicyclic amines) is 1. The molecule has 1 fully saturated rings. The van der Waals surface area contributed by atoms with E-state index in [1.807, 2.05) is 28.9 Å². The third kappa shape index (κ3) is 2.04. The first-order chi connectivity index (χ1) is 9.59. The fourth-order valence-corrected chi connectivity index (χ4v) is 3.57. The smallest absolute Gasteiger partial charge is 0.273 e. The van der Waals surface area contributed by atoms with Crippen LogP contribution in [0.15, 0.2) is 10.9 Å². The number of carbonyl (C=O) groups is 1. The van der Waals surface area contributed by atoms with E-state index in [-0.39, 0.29) is 11.9 Å². The zero-order chi connectivity index (χ0) is 14.3. The fourth-order valence-electron chi connectivity index (χ4n) is 3.05. The van der Waals surface area contributed by atoms with E-state index in [1.54, 1.807) is 5.51 Å². The molecule has 2 aromatic heterocycles. The maximum absolute atomic E-state index is 12.6. The molecular formula is C14H18N4OS. The van der Waals surface area contributed by atoms with Crippen LogP contribution in [0.4, 0.5) is 0 Å². The van der Waals surface area contributed by atoms with Gasteiger partial charge in [0.1, 0.15) is 5.69 Å². The Kier molecular flexibility index (Phi) is 3.33. The molecule has 0 aliphatic carbocycles. The summed E-state index contributed by atoms with van der Waals surface area (Å²) < 4.78 is 1.90. The van der Waals surface area contributed by atoms with Gasteiger partial charge in [-0.15, -0.1) is 11.3 Å². The van der Waals surface area contributed by atoms with Crippen molar-refractivity contribution in [2.45, 2.75) is 32.7 Å². The minimum absolute atomic E-state index is 0.0383. The number of thiazole rings is 1. The molecular weight excluding hydrogens is 272 g/mol. The van der Waals surface area contributed by atoms with Gasteiger partial charge in [-0.3, -0.25) is 9.48 Å². The summed E-state index contributed by atoms with van der Waals surface area (Å²) in [5.74, 6) is 0.0383. The molecule has 0 saturated carbocycles. The minimum Gasteiger partial charge on any atom is -0.330 e. The van der Waals surface area contributed by atoms with Crippen LogP contribution in [0.2, 0.25) is 0 Å². The summed E-state index contributed by atoms with van der Waals surface area (Å²) in [6.45, 7) is 4.89. The van der Waals surface area contributed by atoms with Crippen LogP contribution < -0.4 is 0 Å². The highest BCUT2D eigenvalue weighted by atomic mass is 32.1. The first kappa shape index (κ1) is 13.3. The van der Waals surface area contributed by atoms with Crippen LogP contribution in [-0.2, 0) is 7.05 Å². The summed E-state index contributed by atoms with van der Waals surface area (Å²) in [5.41, 5.74) is 5.63. The number of nitrogens with zero attached hydrogens (tertiary/aromatic N) is 4. The molecule has 1 aliphatic heterocycles. The summed E-state index contributed by atoms with van der Waals surface area (Å²) >= 11 is 1.46. The predicted octanol–water partition coefficient (Wildman–Crippen LogP) is 2.47. The molecule has 0 spiro atoms. The Labute approximate surface area is 122 Å². The number of carbonyl (C=O) groups excluding carboxylic acids is 1. The lowest BCUT2D eigenvalue weighted by atomic mass is 10.0. The summed E-state index contributed by atoms with van der Waals surface area (Å²) in [6, 6.07) is 0.137. The zero-order valence-electron chi connectivity index (χ0n) is 12.0. The van der Waals surface area contributed by atoms with Crippen molar-refractivity contribution in [1.29, 1.82) is 0 Å². The van der Waals surface area contributed by atoms with E-state index in [0.717, 1.165) is 30.8 Å². The van der Waals surface area contributed by atoms with Gasteiger partial charge in [0, 0.05) is 30.2 Å². The standard InChI is InChI=1S/C14H18N4OS/c1-9-13(10(2)17(3)16-9)12-5-4-6-18(12)14(19)11-7-20-8-15-11/h7-8,12H,4-6H2,1-3H3/t12-/m1/s1. The molecule has 2 aromatic rings. The van der Waals surface area contributed by atoms with Crippen molar-refractivity contribution in [3.8, 4) is 0 Å². The van der Waals surface area contributed by atoms with Crippen molar-refractivity contribution in [1.82, 2.24) is 19.7 Å². The van der Waals surface area contributed by atoms with Gasteiger partial charge < -0.3 is 4.90 Å². The fraction of sp³-hybridized carbons (Fsp3) is 0.500. The lowest BCUT2D eigenvalue weighted by Crippen LogP contribution is -2.31. The second-order valence-electron chi connectivity index (χ2n) is 5.24. The first-order valence-corrected chi connectivity index (χ1v) is 7.73. The molecule has 5 nitrogen and oxygen atoms in total. The highest BCUT2D eigenvalue weighted by Gasteiger charge is 2.34. The van der Waals surface area contributed by atoms with E-state index in [4.69, 9.17) is 0 Å². The summed E-state index contributed by atoms with van der Waals surface area (Å²) in [6.07, 6.45) is 2.04. The van der Waals surface area contributed by atoms with Crippen molar-refractivity contribution < 1.29 is 4.79 Å². The average Bonchev–Trinajstić information content (AvgIpc) is 3.12. The highest BCUT2D eigenvalue weighted by Crippen LogP contribution is 2.36. The summed E-state index contributed by atoms with van der Waals surface area (Å²) in [7, 11) is 1.95. The first-order valence-electron chi connectivity index (χ1n) is 6.79. The molecule has 1 amide bonds. The van der Waals surface area contributed by atoms with Crippen molar-refractivity contribution >= 4 is 17.2 Å². The normalized spacial score (nSPS) is 18.8. The summed E-state index contributed by atoms with van der Waals surface area (Å²) in [5, 5.41) is 6.30. The van der Waals surface area contributed by atoms with E-state index in [0.29, 0.717) is 5.69 Å². The van der Waals surface area contributed by atoms with Crippen LogP contribution in [0, 0.1) is 13.8 Å². The number of hydrogen-bond acceptors (Lipinski definition) is 4. The van der Waals surface area contributed by atoms with Crippen molar-refractivity contribution in [3.63, 3.8) is 0 Å². The quantitative estimate of drug-likeness (QED) is 0.853. The minimum atomic E-state index is 0.0383. The molecule has 0 aromatic carbocycles. The Bertz CT molecular complexity index is 632. The lowest BCUT2D eigenvalue weighted by molar-refractivity contribution is 0.0730. The Morgan fingerprint density at radius 1 is 1.45 bits per heavy atom. The number of aromatic nitrogens is 3. The topological polar surface area (TPSA) is 51.0 Å². The Morgan fingerprint density at radius 2 is 2.25 bits per heavy atom. The van der Waals surface area contributed by atoms with Crippen molar-refractivity contribution in [2.24, 2.45) is 7.05 Å². The second-order valence-corrected chi connectivity index (χ2v) is 5.96. The zero-order valence-corrected chi connectivity index (χ0v) is 12.8. The van der Waals surface area contributed by atoms with Crippen LogP contribution in [0.3, 0.4) is 0 Å².